The van der Waals surface area contributed by atoms with Gasteiger partial charge in [-0.3, -0.25) is 10.1 Å². The van der Waals surface area contributed by atoms with Crippen LogP contribution in [0.2, 0.25) is 0 Å². The molecule has 2 rings (SSSR count). The molecule has 5 nitrogen and oxygen atoms in total. The topological polar surface area (TPSA) is 75.4 Å². The molecule has 0 aliphatic carbocycles. The van der Waals surface area contributed by atoms with Gasteiger partial charge >= 0.3 is 0 Å². The van der Waals surface area contributed by atoms with Gasteiger partial charge in [-0.1, -0.05) is 18.2 Å². The zero-order valence-electron chi connectivity index (χ0n) is 12.6. The van der Waals surface area contributed by atoms with E-state index in [-0.39, 0.29) is 22.7 Å². The first-order chi connectivity index (χ1) is 10.5. The summed E-state index contributed by atoms with van der Waals surface area (Å²) >= 11 is 1.54. The second kappa shape index (κ2) is 7.49. The molecule has 0 fully saturated rings. The van der Waals surface area contributed by atoms with Gasteiger partial charge in [0.25, 0.3) is 5.69 Å². The highest BCUT2D eigenvalue weighted by Crippen LogP contribution is 2.24. The Morgan fingerprint density at radius 1 is 1.32 bits per heavy atom. The van der Waals surface area contributed by atoms with Crippen molar-refractivity contribution in [3.63, 3.8) is 0 Å². The van der Waals surface area contributed by atoms with Crippen LogP contribution in [0.25, 0.3) is 0 Å². The number of hydrogen-bond acceptors (Lipinski definition) is 5. The lowest BCUT2D eigenvalue weighted by Crippen LogP contribution is -2.30. The van der Waals surface area contributed by atoms with E-state index in [0.717, 1.165) is 10.4 Å². The first-order valence-electron chi connectivity index (χ1n) is 7.19. The predicted octanol–water partition coefficient (Wildman–Crippen LogP) is 3.82. The van der Waals surface area contributed by atoms with Crippen molar-refractivity contribution in [1.29, 1.82) is 0 Å². The number of nitrogens with zero attached hydrogens (tertiary/aromatic N) is 1. The number of nitro benzene ring substituents is 1. The lowest BCUT2D eigenvalue weighted by molar-refractivity contribution is -0.384. The maximum absolute atomic E-state index is 10.8. The molecule has 0 bridgehead atoms. The molecule has 0 saturated heterocycles. The average molecular weight is 320 g/mol. The Morgan fingerprint density at radius 3 is 2.73 bits per heavy atom. The molecule has 0 radical (unpaired) electrons. The van der Waals surface area contributed by atoms with Crippen LogP contribution in [0.1, 0.15) is 42.9 Å². The highest BCUT2D eigenvalue weighted by atomic mass is 32.1. The Bertz CT molecular complexity index is 616. The van der Waals surface area contributed by atoms with E-state index in [1.165, 1.54) is 6.07 Å². The van der Waals surface area contributed by atoms with Crippen LogP contribution in [0.3, 0.4) is 0 Å². The van der Waals surface area contributed by atoms with E-state index in [4.69, 9.17) is 0 Å². The molecule has 1 aromatic heterocycles. The Morgan fingerprint density at radius 2 is 2.09 bits per heavy atom. The highest BCUT2D eigenvalue weighted by Gasteiger charge is 2.17. The second-order valence-electron chi connectivity index (χ2n) is 5.41. The van der Waals surface area contributed by atoms with Gasteiger partial charge in [-0.15, -0.1) is 11.3 Å². The van der Waals surface area contributed by atoms with E-state index < -0.39 is 6.10 Å². The number of hydrogen-bond donors (Lipinski definition) is 2. The van der Waals surface area contributed by atoms with E-state index in [2.05, 4.69) is 5.32 Å². The summed E-state index contributed by atoms with van der Waals surface area (Å²) in [5.41, 5.74) is 0.962. The van der Waals surface area contributed by atoms with Gasteiger partial charge in [0.2, 0.25) is 0 Å². The number of rotatable bonds is 7. The number of thiophene rings is 1. The zero-order chi connectivity index (χ0) is 16.1. The van der Waals surface area contributed by atoms with E-state index in [1.807, 2.05) is 37.4 Å². The third-order valence-corrected chi connectivity index (χ3v) is 4.54. The minimum absolute atomic E-state index is 0.0227. The summed E-state index contributed by atoms with van der Waals surface area (Å²) in [5.74, 6) is 0. The van der Waals surface area contributed by atoms with Crippen LogP contribution in [0.15, 0.2) is 41.8 Å². The van der Waals surface area contributed by atoms with Gasteiger partial charge in [-0.25, -0.2) is 0 Å². The van der Waals surface area contributed by atoms with Gasteiger partial charge in [-0.05, 0) is 37.3 Å². The fourth-order valence-electron chi connectivity index (χ4n) is 2.43. The number of benzene rings is 1. The molecule has 118 valence electrons. The van der Waals surface area contributed by atoms with Gasteiger partial charge in [0, 0.05) is 29.1 Å². The van der Waals surface area contributed by atoms with Crippen LogP contribution in [-0.4, -0.2) is 16.1 Å². The Labute approximate surface area is 133 Å². The fourth-order valence-corrected chi connectivity index (χ4v) is 3.16. The summed E-state index contributed by atoms with van der Waals surface area (Å²) in [7, 11) is 0. The summed E-state index contributed by atoms with van der Waals surface area (Å²) in [6.07, 6.45) is 0.111. The van der Waals surface area contributed by atoms with Crippen LogP contribution < -0.4 is 5.32 Å². The molecule has 0 saturated carbocycles. The lowest BCUT2D eigenvalue weighted by Gasteiger charge is -2.22. The Hall–Kier alpha value is -1.76. The van der Waals surface area contributed by atoms with Crippen LogP contribution >= 0.6 is 11.3 Å². The maximum Gasteiger partial charge on any atom is 0.269 e. The minimum atomic E-state index is -0.486. The summed E-state index contributed by atoms with van der Waals surface area (Å²) in [4.78, 5) is 11.4. The molecule has 0 spiro atoms. The molecule has 22 heavy (non-hydrogen) atoms. The molecule has 2 N–H and O–H groups in total. The van der Waals surface area contributed by atoms with Gasteiger partial charge in [-0.2, -0.15) is 0 Å². The molecule has 0 aliphatic heterocycles. The number of nitrogens with one attached hydrogen (secondary N) is 1. The molecule has 3 atom stereocenters. The quantitative estimate of drug-likeness (QED) is 0.601. The number of nitro groups is 1. The van der Waals surface area contributed by atoms with Crippen LogP contribution in [0.4, 0.5) is 5.69 Å². The SMILES string of the molecule is CC(CC(O)c1cccs1)NC(C)c1cccc([N+](=O)[O-])c1. The molecule has 3 unspecified atom stereocenters. The Balaban J connectivity index is 1.94. The van der Waals surface area contributed by atoms with Crippen LogP contribution in [0.5, 0.6) is 0 Å². The van der Waals surface area contributed by atoms with Crippen molar-refractivity contribution in [2.75, 3.05) is 0 Å². The predicted molar refractivity (Wildman–Crippen MR) is 88.0 cm³/mol. The third kappa shape index (κ3) is 4.37. The third-order valence-electron chi connectivity index (χ3n) is 3.56. The highest BCUT2D eigenvalue weighted by molar-refractivity contribution is 7.10. The maximum atomic E-state index is 10.8. The zero-order valence-corrected chi connectivity index (χ0v) is 13.4. The van der Waals surface area contributed by atoms with Crippen molar-refractivity contribution in [1.82, 2.24) is 5.32 Å². The first kappa shape index (κ1) is 16.6. The Kier molecular flexibility index (Phi) is 5.65. The summed E-state index contributed by atoms with van der Waals surface area (Å²) in [6.45, 7) is 3.97. The van der Waals surface area contributed by atoms with Crippen LogP contribution in [-0.2, 0) is 0 Å². The first-order valence-corrected chi connectivity index (χ1v) is 8.07. The minimum Gasteiger partial charge on any atom is -0.388 e. The molecular formula is C16H20N2O3S. The number of aliphatic hydroxyl groups excluding tert-OH is 1. The largest absolute Gasteiger partial charge is 0.388 e. The van der Waals surface area contributed by atoms with Gasteiger partial charge < -0.3 is 10.4 Å². The van der Waals surface area contributed by atoms with Crippen molar-refractivity contribution in [3.05, 3.63) is 62.3 Å². The molecule has 6 heteroatoms. The number of aliphatic hydroxyl groups is 1. The van der Waals surface area contributed by atoms with E-state index in [0.29, 0.717) is 6.42 Å². The molecular weight excluding hydrogens is 300 g/mol. The summed E-state index contributed by atoms with van der Waals surface area (Å²) in [6, 6.07) is 10.5. The standard InChI is InChI=1S/C16H20N2O3S/c1-11(9-15(19)16-7-4-8-22-16)17-12(2)13-5-3-6-14(10-13)18(20)21/h3-8,10-12,15,17,19H,9H2,1-2H3. The van der Waals surface area contributed by atoms with Crippen molar-refractivity contribution in [2.24, 2.45) is 0 Å². The normalized spacial score (nSPS) is 15.2. The fraction of sp³-hybridized carbons (Fsp3) is 0.375. The van der Waals surface area contributed by atoms with E-state index in [1.54, 1.807) is 23.5 Å². The smallest absolute Gasteiger partial charge is 0.269 e. The molecule has 2 aromatic rings. The van der Waals surface area contributed by atoms with E-state index in [9.17, 15) is 15.2 Å². The molecule has 1 heterocycles. The molecule has 1 aromatic carbocycles. The lowest BCUT2D eigenvalue weighted by atomic mass is 10.0. The number of non-ortho nitro benzene ring substituents is 1. The van der Waals surface area contributed by atoms with Crippen molar-refractivity contribution in [3.8, 4) is 0 Å². The molecule has 0 aliphatic rings. The van der Waals surface area contributed by atoms with Gasteiger partial charge in [0.15, 0.2) is 0 Å². The summed E-state index contributed by atoms with van der Waals surface area (Å²) in [5, 5.41) is 26.3. The van der Waals surface area contributed by atoms with Crippen molar-refractivity contribution >= 4 is 17.0 Å². The van der Waals surface area contributed by atoms with Crippen molar-refractivity contribution < 1.29 is 10.0 Å². The summed E-state index contributed by atoms with van der Waals surface area (Å²) < 4.78 is 0. The van der Waals surface area contributed by atoms with Crippen LogP contribution in [0, 0.1) is 10.1 Å². The van der Waals surface area contributed by atoms with Crippen molar-refractivity contribution in [2.45, 2.75) is 38.5 Å². The molecule has 0 amide bonds. The second-order valence-corrected chi connectivity index (χ2v) is 6.39. The van der Waals surface area contributed by atoms with E-state index >= 15 is 0 Å². The average Bonchev–Trinajstić information content (AvgIpc) is 3.01. The van der Waals surface area contributed by atoms with Gasteiger partial charge in [0.1, 0.15) is 0 Å². The van der Waals surface area contributed by atoms with Gasteiger partial charge in [0.05, 0.1) is 11.0 Å². The monoisotopic (exact) mass is 320 g/mol.